The second-order valence-electron chi connectivity index (χ2n) is 6.21. The van der Waals surface area contributed by atoms with Crippen molar-refractivity contribution in [2.75, 3.05) is 18.8 Å². The molecule has 0 aliphatic rings. The Hall–Kier alpha value is -1.26. The molecule has 2 nitrogen and oxygen atoms in total. The van der Waals surface area contributed by atoms with E-state index in [-0.39, 0.29) is 0 Å². The van der Waals surface area contributed by atoms with E-state index in [0.29, 0.717) is 0 Å². The number of ether oxygens (including phenoxy) is 1. The van der Waals surface area contributed by atoms with Crippen LogP contribution in [0.1, 0.15) is 22.3 Å². The molecular weight excluding hydrogens is 324 g/mol. The third kappa shape index (κ3) is 3.33. The van der Waals surface area contributed by atoms with Gasteiger partial charge in [0.05, 0.1) is 9.83 Å². The summed E-state index contributed by atoms with van der Waals surface area (Å²) in [5.41, 5.74) is 4.68. The van der Waals surface area contributed by atoms with Crippen LogP contribution in [-0.4, -0.2) is 23.0 Å². The van der Waals surface area contributed by atoms with Crippen molar-refractivity contribution in [2.45, 2.75) is 32.6 Å². The summed E-state index contributed by atoms with van der Waals surface area (Å²) < 4.78 is 18.4. The second kappa shape index (κ2) is 6.70. The molecule has 0 aliphatic carbocycles. The second-order valence-corrected chi connectivity index (χ2v) is 13.8. The monoisotopic (exact) mass is 350 g/mol. The third-order valence-electron chi connectivity index (χ3n) is 4.53. The summed E-state index contributed by atoms with van der Waals surface area (Å²) in [6.45, 7) is 8.43. The molecule has 0 bridgehead atoms. The molecule has 4 heteroatoms. The Kier molecular flexibility index (Phi) is 5.27. The Labute approximate surface area is 143 Å². The minimum atomic E-state index is -1.36. The number of hydrogen-bond donors (Lipinski definition) is 0. The number of para-hydroxylation sites is 1. The lowest BCUT2D eigenvalue weighted by Crippen LogP contribution is -2.10. The zero-order valence-corrected chi connectivity index (χ0v) is 16.7. The van der Waals surface area contributed by atoms with Crippen molar-refractivity contribution >= 4 is 18.9 Å². The molecule has 2 aromatic carbocycles. The Morgan fingerprint density at radius 1 is 0.870 bits per heavy atom. The highest BCUT2D eigenvalue weighted by molar-refractivity contribution is 8.87. The molecule has 0 amide bonds. The van der Waals surface area contributed by atoms with E-state index in [2.05, 4.69) is 40.2 Å². The molecule has 0 fully saturated rings. The molecular formula is C19H26O2S2. The van der Waals surface area contributed by atoms with Gasteiger partial charge < -0.3 is 4.74 Å². The molecule has 126 valence electrons. The summed E-state index contributed by atoms with van der Waals surface area (Å²) in [7, 11) is -2.22. The predicted octanol–water partition coefficient (Wildman–Crippen LogP) is 5.43. The van der Waals surface area contributed by atoms with E-state index < -0.39 is 18.9 Å². The van der Waals surface area contributed by atoms with Crippen LogP contribution in [0.4, 0.5) is 0 Å². The SMILES string of the molecule is Cc1c(C)c(S(C)(C)S(C)=O)c(C)c(C)c1Oc1ccccc1. The highest BCUT2D eigenvalue weighted by atomic mass is 33.2. The average Bonchev–Trinajstić information content (AvgIpc) is 2.50. The summed E-state index contributed by atoms with van der Waals surface area (Å²) in [6.07, 6.45) is 6.08. The van der Waals surface area contributed by atoms with Crippen LogP contribution < -0.4 is 4.74 Å². The lowest BCUT2D eigenvalue weighted by molar-refractivity contribution is 0.473. The summed E-state index contributed by atoms with van der Waals surface area (Å²) in [5, 5.41) is 0. The first kappa shape index (κ1) is 18.1. The predicted molar refractivity (Wildman–Crippen MR) is 104 cm³/mol. The quantitative estimate of drug-likeness (QED) is 0.687. The van der Waals surface area contributed by atoms with Gasteiger partial charge in [-0.25, -0.2) is 4.21 Å². The summed E-state index contributed by atoms with van der Waals surface area (Å²) >= 11 is 0. The molecule has 1 unspecified atom stereocenters. The van der Waals surface area contributed by atoms with Crippen molar-refractivity contribution < 1.29 is 8.95 Å². The van der Waals surface area contributed by atoms with Crippen LogP contribution >= 0.6 is 9.06 Å². The highest BCUT2D eigenvalue weighted by Crippen LogP contribution is 2.57. The number of hydrogen-bond acceptors (Lipinski definition) is 2. The van der Waals surface area contributed by atoms with Gasteiger partial charge in [0.25, 0.3) is 0 Å². The van der Waals surface area contributed by atoms with E-state index in [1.807, 2.05) is 36.6 Å². The van der Waals surface area contributed by atoms with E-state index in [0.717, 1.165) is 22.6 Å². The molecule has 0 saturated heterocycles. The maximum absolute atomic E-state index is 12.3. The maximum Gasteiger partial charge on any atom is 0.133 e. The molecule has 0 aliphatic heterocycles. The van der Waals surface area contributed by atoms with Crippen LogP contribution in [0.25, 0.3) is 0 Å². The molecule has 0 heterocycles. The van der Waals surface area contributed by atoms with E-state index in [1.165, 1.54) is 16.0 Å². The smallest absolute Gasteiger partial charge is 0.133 e. The lowest BCUT2D eigenvalue weighted by atomic mass is 10.00. The fourth-order valence-electron chi connectivity index (χ4n) is 2.86. The van der Waals surface area contributed by atoms with Crippen molar-refractivity contribution in [1.82, 2.24) is 0 Å². The molecule has 0 aromatic heterocycles. The Morgan fingerprint density at radius 2 is 1.35 bits per heavy atom. The maximum atomic E-state index is 12.3. The van der Waals surface area contributed by atoms with Crippen molar-refractivity contribution in [3.63, 3.8) is 0 Å². The van der Waals surface area contributed by atoms with Gasteiger partial charge in [-0.05, 0) is 74.6 Å². The van der Waals surface area contributed by atoms with Crippen LogP contribution in [0.3, 0.4) is 0 Å². The van der Waals surface area contributed by atoms with Gasteiger partial charge in [-0.15, -0.1) is 9.06 Å². The highest BCUT2D eigenvalue weighted by Gasteiger charge is 2.27. The van der Waals surface area contributed by atoms with Crippen molar-refractivity contribution in [2.24, 2.45) is 0 Å². The zero-order valence-electron chi connectivity index (χ0n) is 15.0. The first-order chi connectivity index (χ1) is 10.7. The topological polar surface area (TPSA) is 26.3 Å². The lowest BCUT2D eigenvalue weighted by Gasteiger charge is -2.34. The zero-order chi connectivity index (χ0) is 17.4. The Morgan fingerprint density at radius 3 is 1.78 bits per heavy atom. The Balaban J connectivity index is 2.64. The van der Waals surface area contributed by atoms with Crippen LogP contribution in [0.15, 0.2) is 35.2 Å². The number of benzene rings is 2. The molecule has 1 atom stereocenters. The van der Waals surface area contributed by atoms with Gasteiger partial charge in [0, 0.05) is 11.2 Å². The van der Waals surface area contributed by atoms with Crippen LogP contribution in [-0.2, 0) is 9.83 Å². The van der Waals surface area contributed by atoms with Crippen LogP contribution in [0.5, 0.6) is 11.5 Å². The van der Waals surface area contributed by atoms with E-state index in [1.54, 1.807) is 0 Å². The molecule has 23 heavy (non-hydrogen) atoms. The molecule has 2 rings (SSSR count). The largest absolute Gasteiger partial charge is 0.457 e. The van der Waals surface area contributed by atoms with Gasteiger partial charge >= 0.3 is 0 Å². The fourth-order valence-corrected chi connectivity index (χ4v) is 6.33. The first-order valence-electron chi connectivity index (χ1n) is 7.58. The minimum Gasteiger partial charge on any atom is -0.457 e. The van der Waals surface area contributed by atoms with Crippen LogP contribution in [0.2, 0.25) is 0 Å². The van der Waals surface area contributed by atoms with E-state index in [4.69, 9.17) is 4.74 Å². The first-order valence-corrected chi connectivity index (χ1v) is 12.1. The molecule has 0 N–H and O–H groups in total. The minimum absolute atomic E-state index is 0.843. The van der Waals surface area contributed by atoms with Gasteiger partial charge in [0.15, 0.2) is 0 Å². The van der Waals surface area contributed by atoms with Gasteiger partial charge in [-0.3, -0.25) is 0 Å². The normalized spacial score (nSPS) is 13.7. The molecule has 0 spiro atoms. The van der Waals surface area contributed by atoms with E-state index in [9.17, 15) is 4.21 Å². The van der Waals surface area contributed by atoms with Crippen molar-refractivity contribution in [3.05, 3.63) is 52.6 Å². The van der Waals surface area contributed by atoms with Crippen molar-refractivity contribution in [1.29, 1.82) is 0 Å². The van der Waals surface area contributed by atoms with Gasteiger partial charge in [0.2, 0.25) is 0 Å². The van der Waals surface area contributed by atoms with Crippen LogP contribution in [0, 0.1) is 27.7 Å². The number of rotatable bonds is 4. The van der Waals surface area contributed by atoms with Gasteiger partial charge in [0.1, 0.15) is 11.5 Å². The van der Waals surface area contributed by atoms with E-state index >= 15 is 0 Å². The van der Waals surface area contributed by atoms with Gasteiger partial charge in [-0.1, -0.05) is 18.2 Å². The Bertz CT molecular complexity index is 721. The van der Waals surface area contributed by atoms with Crippen molar-refractivity contribution in [3.8, 4) is 11.5 Å². The molecule has 0 saturated carbocycles. The summed E-state index contributed by atoms with van der Waals surface area (Å²) in [5.74, 6) is 1.77. The average molecular weight is 351 g/mol. The molecule has 2 aromatic rings. The standard InChI is InChI=1S/C19H26O2S2/c1-13-15(3)19(23(6,7)22(5)20)16(4)14(2)18(13)21-17-11-9-8-10-12-17/h8-12H,1-7H3. The fraction of sp³-hybridized carbons (Fsp3) is 0.368. The summed E-state index contributed by atoms with van der Waals surface area (Å²) in [6, 6.07) is 9.86. The van der Waals surface area contributed by atoms with Gasteiger partial charge in [-0.2, -0.15) is 0 Å². The third-order valence-corrected chi connectivity index (χ3v) is 11.3. The molecule has 0 radical (unpaired) electrons. The summed E-state index contributed by atoms with van der Waals surface area (Å²) in [4.78, 5) is 1.26.